The number of rotatable bonds is 6. The fourth-order valence-electron chi connectivity index (χ4n) is 3.70. The zero-order chi connectivity index (χ0) is 19.7. The SMILES string of the molecule is CCOCCCN1C(=O)c2oc3ccccc3c(=O)c2[C@H]1c1cccc(Cl)c1. The maximum atomic E-state index is 13.3. The van der Waals surface area contributed by atoms with Gasteiger partial charge in [-0.05, 0) is 43.2 Å². The van der Waals surface area contributed by atoms with Crippen molar-refractivity contribution < 1.29 is 13.9 Å². The molecule has 1 amide bonds. The van der Waals surface area contributed by atoms with Gasteiger partial charge in [-0.2, -0.15) is 0 Å². The van der Waals surface area contributed by atoms with Gasteiger partial charge in [-0.15, -0.1) is 0 Å². The number of carbonyl (C=O) groups excluding carboxylic acids is 1. The molecule has 5 nitrogen and oxygen atoms in total. The largest absolute Gasteiger partial charge is 0.450 e. The standard InChI is InChI=1S/C22H20ClNO4/c1-2-27-12-6-11-24-19(14-7-5-8-15(23)13-14)18-20(25)16-9-3-4-10-17(16)28-21(18)22(24)26/h3-5,7-10,13,19H,2,6,11-12H2,1H3/t19-/m1/s1. The molecule has 0 aliphatic carbocycles. The van der Waals surface area contributed by atoms with Gasteiger partial charge in [0.25, 0.3) is 5.91 Å². The molecule has 0 saturated carbocycles. The van der Waals surface area contributed by atoms with Crippen LogP contribution in [0.3, 0.4) is 0 Å². The summed E-state index contributed by atoms with van der Waals surface area (Å²) >= 11 is 6.19. The van der Waals surface area contributed by atoms with Crippen LogP contribution in [0.25, 0.3) is 11.0 Å². The molecule has 0 unspecified atom stereocenters. The van der Waals surface area contributed by atoms with E-state index in [1.54, 1.807) is 41.3 Å². The number of hydrogen-bond acceptors (Lipinski definition) is 4. The molecule has 4 rings (SSSR count). The Morgan fingerprint density at radius 2 is 1.96 bits per heavy atom. The number of benzene rings is 2. The number of fused-ring (bicyclic) bond motifs is 2. The fourth-order valence-corrected chi connectivity index (χ4v) is 3.90. The van der Waals surface area contributed by atoms with Gasteiger partial charge in [-0.1, -0.05) is 35.9 Å². The Labute approximate surface area is 167 Å². The molecule has 1 aliphatic heterocycles. The molecule has 3 aromatic rings. The second-order valence-electron chi connectivity index (χ2n) is 6.68. The number of nitrogens with zero attached hydrogens (tertiary/aromatic N) is 1. The summed E-state index contributed by atoms with van der Waals surface area (Å²) in [6, 6.07) is 13.7. The summed E-state index contributed by atoms with van der Waals surface area (Å²) in [5.74, 6) is -0.163. The zero-order valence-electron chi connectivity index (χ0n) is 15.5. The van der Waals surface area contributed by atoms with Crippen molar-refractivity contribution in [2.24, 2.45) is 0 Å². The van der Waals surface area contributed by atoms with E-state index in [2.05, 4.69) is 0 Å². The van der Waals surface area contributed by atoms with Gasteiger partial charge >= 0.3 is 0 Å². The predicted octanol–water partition coefficient (Wildman–Crippen LogP) is 4.42. The topological polar surface area (TPSA) is 59.8 Å². The zero-order valence-corrected chi connectivity index (χ0v) is 16.2. The number of carbonyl (C=O) groups is 1. The van der Waals surface area contributed by atoms with E-state index in [1.165, 1.54) is 0 Å². The molecule has 28 heavy (non-hydrogen) atoms. The summed E-state index contributed by atoms with van der Waals surface area (Å²) in [7, 11) is 0. The third-order valence-corrected chi connectivity index (χ3v) is 5.16. The van der Waals surface area contributed by atoms with Crippen LogP contribution >= 0.6 is 11.6 Å². The molecule has 2 heterocycles. The smallest absolute Gasteiger partial charge is 0.290 e. The van der Waals surface area contributed by atoms with Crippen molar-refractivity contribution in [3.8, 4) is 0 Å². The van der Waals surface area contributed by atoms with Gasteiger partial charge in [0.05, 0.1) is 17.0 Å². The first-order chi connectivity index (χ1) is 13.6. The van der Waals surface area contributed by atoms with E-state index in [9.17, 15) is 9.59 Å². The lowest BCUT2D eigenvalue weighted by Gasteiger charge is -2.25. The average molecular weight is 398 g/mol. The van der Waals surface area contributed by atoms with Gasteiger partial charge < -0.3 is 14.1 Å². The van der Waals surface area contributed by atoms with Crippen LogP contribution in [-0.4, -0.2) is 30.6 Å². The molecule has 0 spiro atoms. The van der Waals surface area contributed by atoms with Crippen LogP contribution in [0, 0.1) is 0 Å². The maximum Gasteiger partial charge on any atom is 0.290 e. The highest BCUT2D eigenvalue weighted by atomic mass is 35.5. The Kier molecular flexibility index (Phi) is 5.20. The third-order valence-electron chi connectivity index (χ3n) is 4.93. The first-order valence-electron chi connectivity index (χ1n) is 9.31. The minimum Gasteiger partial charge on any atom is -0.450 e. The second-order valence-corrected chi connectivity index (χ2v) is 7.11. The lowest BCUT2D eigenvalue weighted by Crippen LogP contribution is -2.31. The normalized spacial score (nSPS) is 16.0. The van der Waals surface area contributed by atoms with Crippen molar-refractivity contribution in [3.63, 3.8) is 0 Å². The van der Waals surface area contributed by atoms with Gasteiger partial charge in [-0.25, -0.2) is 0 Å². The van der Waals surface area contributed by atoms with E-state index < -0.39 is 6.04 Å². The highest BCUT2D eigenvalue weighted by Crippen LogP contribution is 2.38. The Morgan fingerprint density at radius 1 is 1.14 bits per heavy atom. The molecular weight excluding hydrogens is 378 g/mol. The van der Waals surface area contributed by atoms with E-state index in [1.807, 2.05) is 19.1 Å². The molecule has 0 fully saturated rings. The van der Waals surface area contributed by atoms with Crippen molar-refractivity contribution in [1.29, 1.82) is 0 Å². The maximum absolute atomic E-state index is 13.3. The molecule has 1 aliphatic rings. The molecular formula is C22H20ClNO4. The summed E-state index contributed by atoms with van der Waals surface area (Å²) in [5, 5.41) is 1.02. The quantitative estimate of drug-likeness (QED) is 0.578. The molecule has 2 aromatic carbocycles. The van der Waals surface area contributed by atoms with Gasteiger partial charge in [0.15, 0.2) is 5.43 Å². The molecule has 0 N–H and O–H groups in total. The summed E-state index contributed by atoms with van der Waals surface area (Å²) in [6.45, 7) is 3.55. The van der Waals surface area contributed by atoms with Crippen molar-refractivity contribution in [3.05, 3.63) is 80.7 Å². The van der Waals surface area contributed by atoms with E-state index in [0.717, 1.165) is 5.56 Å². The Bertz CT molecular complexity index is 1090. The highest BCUT2D eigenvalue weighted by molar-refractivity contribution is 6.30. The van der Waals surface area contributed by atoms with Crippen molar-refractivity contribution in [2.45, 2.75) is 19.4 Å². The predicted molar refractivity (Wildman–Crippen MR) is 108 cm³/mol. The monoisotopic (exact) mass is 397 g/mol. The van der Waals surface area contributed by atoms with E-state index >= 15 is 0 Å². The molecule has 144 valence electrons. The highest BCUT2D eigenvalue weighted by Gasteiger charge is 2.42. The lowest BCUT2D eigenvalue weighted by molar-refractivity contribution is 0.0696. The number of halogens is 1. The van der Waals surface area contributed by atoms with Crippen molar-refractivity contribution >= 4 is 28.5 Å². The van der Waals surface area contributed by atoms with Gasteiger partial charge in [-0.3, -0.25) is 9.59 Å². The van der Waals surface area contributed by atoms with E-state index in [-0.39, 0.29) is 17.1 Å². The Morgan fingerprint density at radius 3 is 2.75 bits per heavy atom. The molecule has 0 bridgehead atoms. The number of hydrogen-bond donors (Lipinski definition) is 0. The number of amides is 1. The fraction of sp³-hybridized carbons (Fsp3) is 0.273. The minimum atomic E-state index is -0.524. The summed E-state index contributed by atoms with van der Waals surface area (Å²) in [6.07, 6.45) is 0.665. The summed E-state index contributed by atoms with van der Waals surface area (Å²) in [5.41, 5.74) is 1.41. The van der Waals surface area contributed by atoms with Crippen LogP contribution in [0.2, 0.25) is 5.02 Å². The van der Waals surface area contributed by atoms with E-state index in [4.69, 9.17) is 20.8 Å². The van der Waals surface area contributed by atoms with Crippen LogP contribution in [0.1, 0.15) is 41.1 Å². The van der Waals surface area contributed by atoms with Crippen LogP contribution in [0.5, 0.6) is 0 Å². The van der Waals surface area contributed by atoms with Crippen LogP contribution in [0.4, 0.5) is 0 Å². The molecule has 0 radical (unpaired) electrons. The van der Waals surface area contributed by atoms with Crippen molar-refractivity contribution in [1.82, 2.24) is 4.90 Å². The molecule has 1 atom stereocenters. The molecule has 0 saturated heterocycles. The van der Waals surface area contributed by atoms with E-state index in [0.29, 0.717) is 47.7 Å². The Hall–Kier alpha value is -2.63. The van der Waals surface area contributed by atoms with Crippen LogP contribution in [-0.2, 0) is 4.74 Å². The average Bonchev–Trinajstić information content (AvgIpc) is 2.98. The first-order valence-corrected chi connectivity index (χ1v) is 9.69. The molecule has 6 heteroatoms. The van der Waals surface area contributed by atoms with Gasteiger partial charge in [0.1, 0.15) is 5.58 Å². The van der Waals surface area contributed by atoms with Crippen LogP contribution in [0.15, 0.2) is 57.7 Å². The third kappa shape index (κ3) is 3.21. The second kappa shape index (κ2) is 7.78. The lowest BCUT2D eigenvalue weighted by atomic mass is 9.98. The summed E-state index contributed by atoms with van der Waals surface area (Å²) in [4.78, 5) is 28.1. The van der Waals surface area contributed by atoms with Crippen molar-refractivity contribution in [2.75, 3.05) is 19.8 Å². The van der Waals surface area contributed by atoms with Gasteiger partial charge in [0.2, 0.25) is 5.76 Å². The number of para-hydroxylation sites is 1. The Balaban J connectivity index is 1.85. The summed E-state index contributed by atoms with van der Waals surface area (Å²) < 4.78 is 11.3. The van der Waals surface area contributed by atoms with Crippen LogP contribution < -0.4 is 5.43 Å². The minimum absolute atomic E-state index is 0.116. The van der Waals surface area contributed by atoms with Gasteiger partial charge in [0, 0.05) is 24.8 Å². The molecule has 1 aromatic heterocycles. The first kappa shape index (κ1) is 18.7. The number of ether oxygens (including phenoxy) is 1.